The number of rotatable bonds is 8. The second kappa shape index (κ2) is 13.5. The smallest absolute Gasteiger partial charge is 0.170 e. The summed E-state index contributed by atoms with van der Waals surface area (Å²) in [4.78, 5) is 2.60. The Morgan fingerprint density at radius 3 is 1.88 bits per heavy atom. The number of halogens is 2. The minimum absolute atomic E-state index is 0. The summed E-state index contributed by atoms with van der Waals surface area (Å²) in [6.07, 6.45) is 1.13. The Bertz CT molecular complexity index is 951. The first-order valence-electron chi connectivity index (χ1n) is 11.3. The minimum Gasteiger partial charge on any atom is -0.453 e. The van der Waals surface area contributed by atoms with E-state index in [4.69, 9.17) is 9.47 Å². The largest absolute Gasteiger partial charge is 0.453 e. The summed E-state index contributed by atoms with van der Waals surface area (Å²) >= 11 is 0. The molecular formula is C27H34Cl2N2O2. The lowest BCUT2D eigenvalue weighted by Crippen LogP contribution is -2.46. The van der Waals surface area contributed by atoms with Crippen LogP contribution in [0.5, 0.6) is 23.0 Å². The lowest BCUT2D eigenvalue weighted by Gasteiger charge is -2.38. The maximum atomic E-state index is 6.32. The molecule has 1 aliphatic rings. The minimum atomic E-state index is 0. The van der Waals surface area contributed by atoms with E-state index in [1.54, 1.807) is 0 Å². The Kier molecular flexibility index (Phi) is 11.0. The van der Waals surface area contributed by atoms with E-state index in [9.17, 15) is 0 Å². The average Bonchev–Trinajstić information content (AvgIpc) is 2.83. The molecule has 1 N–H and O–H groups in total. The zero-order valence-corrected chi connectivity index (χ0v) is 20.9. The zero-order chi connectivity index (χ0) is 21.5. The van der Waals surface area contributed by atoms with Crippen LogP contribution in [0.2, 0.25) is 0 Å². The summed E-state index contributed by atoms with van der Waals surface area (Å²) in [6.45, 7) is 8.82. The summed E-state index contributed by atoms with van der Waals surface area (Å²) < 4.78 is 12.5. The molecule has 33 heavy (non-hydrogen) atoms. The van der Waals surface area contributed by atoms with E-state index in [0.29, 0.717) is 12.0 Å². The third kappa shape index (κ3) is 7.12. The molecule has 0 aliphatic carbocycles. The first-order chi connectivity index (χ1) is 15.2. The molecule has 1 saturated heterocycles. The van der Waals surface area contributed by atoms with Gasteiger partial charge in [0.25, 0.3) is 0 Å². The van der Waals surface area contributed by atoms with Crippen molar-refractivity contribution in [2.75, 3.05) is 26.2 Å². The van der Waals surface area contributed by atoms with Crippen molar-refractivity contribution in [1.82, 2.24) is 10.2 Å². The highest BCUT2D eigenvalue weighted by Crippen LogP contribution is 2.40. The summed E-state index contributed by atoms with van der Waals surface area (Å²) in [5.74, 6) is 3.62. The van der Waals surface area contributed by atoms with E-state index in [0.717, 1.165) is 55.6 Å². The van der Waals surface area contributed by atoms with Crippen molar-refractivity contribution in [2.24, 2.45) is 5.92 Å². The van der Waals surface area contributed by atoms with Crippen molar-refractivity contribution in [3.63, 3.8) is 0 Å². The number of nitrogens with zero attached hydrogens (tertiary/aromatic N) is 1. The number of nitrogens with one attached hydrogen (secondary N) is 1. The monoisotopic (exact) mass is 488 g/mol. The van der Waals surface area contributed by atoms with E-state index in [-0.39, 0.29) is 24.8 Å². The molecule has 0 amide bonds. The predicted molar refractivity (Wildman–Crippen MR) is 141 cm³/mol. The highest BCUT2D eigenvalue weighted by Gasteiger charge is 2.27. The number of ether oxygens (including phenoxy) is 2. The van der Waals surface area contributed by atoms with Crippen LogP contribution in [-0.2, 0) is 0 Å². The van der Waals surface area contributed by atoms with Gasteiger partial charge in [0.2, 0.25) is 0 Å². The Labute approximate surface area is 210 Å². The number of piperazine rings is 1. The van der Waals surface area contributed by atoms with E-state index in [1.165, 1.54) is 5.56 Å². The molecule has 3 aromatic rings. The van der Waals surface area contributed by atoms with Gasteiger partial charge in [-0.3, -0.25) is 4.90 Å². The van der Waals surface area contributed by atoms with Gasteiger partial charge in [0.05, 0.1) is 0 Å². The second-order valence-corrected chi connectivity index (χ2v) is 8.15. The third-order valence-corrected chi connectivity index (χ3v) is 5.98. The van der Waals surface area contributed by atoms with E-state index < -0.39 is 0 Å². The SMILES string of the molecule is CCC(C)[C@@H](c1ccc(Oc2ccccc2)c(Oc2ccccc2)c1)N1CCNCC1.Cl.Cl. The molecule has 6 heteroatoms. The van der Waals surface area contributed by atoms with Crippen LogP contribution in [0.15, 0.2) is 78.9 Å². The van der Waals surface area contributed by atoms with Gasteiger partial charge >= 0.3 is 0 Å². The molecular weight excluding hydrogens is 455 g/mol. The first-order valence-corrected chi connectivity index (χ1v) is 11.3. The first kappa shape index (κ1) is 27.0. The van der Waals surface area contributed by atoms with Gasteiger partial charge < -0.3 is 14.8 Å². The number of hydrogen-bond acceptors (Lipinski definition) is 4. The average molecular weight is 489 g/mol. The lowest BCUT2D eigenvalue weighted by molar-refractivity contribution is 0.128. The fraction of sp³-hybridized carbons (Fsp3) is 0.333. The third-order valence-electron chi connectivity index (χ3n) is 5.98. The van der Waals surface area contributed by atoms with Gasteiger partial charge in [-0.15, -0.1) is 24.8 Å². The second-order valence-electron chi connectivity index (χ2n) is 8.15. The molecule has 0 radical (unpaired) electrons. The maximum Gasteiger partial charge on any atom is 0.170 e. The molecule has 178 valence electrons. The number of benzene rings is 3. The van der Waals surface area contributed by atoms with Crippen LogP contribution in [0.3, 0.4) is 0 Å². The van der Waals surface area contributed by atoms with Crippen LogP contribution in [0, 0.1) is 5.92 Å². The normalized spacial score (nSPS) is 15.5. The maximum absolute atomic E-state index is 6.32. The summed E-state index contributed by atoms with van der Waals surface area (Å²) in [6, 6.07) is 26.6. The van der Waals surface area contributed by atoms with Crippen molar-refractivity contribution < 1.29 is 9.47 Å². The quantitative estimate of drug-likeness (QED) is 0.366. The molecule has 0 aromatic heterocycles. The fourth-order valence-corrected chi connectivity index (χ4v) is 4.19. The molecule has 1 fully saturated rings. The Morgan fingerprint density at radius 1 is 0.788 bits per heavy atom. The Hall–Kier alpha value is -2.24. The van der Waals surface area contributed by atoms with Gasteiger partial charge in [-0.05, 0) is 47.9 Å². The van der Waals surface area contributed by atoms with Gasteiger partial charge in [0, 0.05) is 32.2 Å². The molecule has 1 aliphatic heterocycles. The Balaban J connectivity index is 0.00000193. The molecule has 2 atom stereocenters. The zero-order valence-electron chi connectivity index (χ0n) is 19.3. The predicted octanol–water partition coefficient (Wildman–Crippen LogP) is 7.11. The van der Waals surface area contributed by atoms with E-state index in [1.807, 2.05) is 60.7 Å². The van der Waals surface area contributed by atoms with Crippen LogP contribution in [0.25, 0.3) is 0 Å². The highest BCUT2D eigenvalue weighted by atomic mass is 35.5. The summed E-state index contributed by atoms with van der Waals surface area (Å²) in [5, 5.41) is 3.47. The van der Waals surface area contributed by atoms with Crippen LogP contribution in [0.4, 0.5) is 0 Å². The molecule has 0 bridgehead atoms. The van der Waals surface area contributed by atoms with Gasteiger partial charge in [0.1, 0.15) is 11.5 Å². The van der Waals surface area contributed by atoms with Crippen molar-refractivity contribution in [3.05, 3.63) is 84.4 Å². The van der Waals surface area contributed by atoms with Gasteiger partial charge in [0.15, 0.2) is 11.5 Å². The molecule has 4 nitrogen and oxygen atoms in total. The van der Waals surface area contributed by atoms with Gasteiger partial charge in [-0.1, -0.05) is 62.7 Å². The van der Waals surface area contributed by atoms with Gasteiger partial charge in [-0.25, -0.2) is 0 Å². The van der Waals surface area contributed by atoms with Crippen LogP contribution in [0.1, 0.15) is 31.9 Å². The Morgan fingerprint density at radius 2 is 1.33 bits per heavy atom. The fourth-order valence-electron chi connectivity index (χ4n) is 4.19. The standard InChI is InChI=1S/C27H32N2O2.2ClH/c1-3-21(2)27(29-18-16-28-17-19-29)22-14-15-25(30-23-10-6-4-7-11-23)26(20-22)31-24-12-8-5-9-13-24;;/h4-15,20-21,27-28H,3,16-19H2,1-2H3;2*1H/t21?,27-;;/m0../s1. The lowest BCUT2D eigenvalue weighted by atomic mass is 9.90. The molecule has 1 heterocycles. The molecule has 0 spiro atoms. The van der Waals surface area contributed by atoms with Gasteiger partial charge in [-0.2, -0.15) is 0 Å². The van der Waals surface area contributed by atoms with E-state index in [2.05, 4.69) is 42.3 Å². The van der Waals surface area contributed by atoms with Crippen LogP contribution < -0.4 is 14.8 Å². The highest BCUT2D eigenvalue weighted by molar-refractivity contribution is 5.85. The van der Waals surface area contributed by atoms with E-state index >= 15 is 0 Å². The van der Waals surface area contributed by atoms with Crippen molar-refractivity contribution in [2.45, 2.75) is 26.3 Å². The van der Waals surface area contributed by atoms with Crippen molar-refractivity contribution in [1.29, 1.82) is 0 Å². The summed E-state index contributed by atoms with van der Waals surface area (Å²) in [5.41, 5.74) is 1.28. The molecule has 0 saturated carbocycles. The van der Waals surface area contributed by atoms with Crippen LogP contribution in [-0.4, -0.2) is 31.1 Å². The topological polar surface area (TPSA) is 33.7 Å². The van der Waals surface area contributed by atoms with Crippen LogP contribution >= 0.6 is 24.8 Å². The number of para-hydroxylation sites is 2. The molecule has 4 rings (SSSR count). The van der Waals surface area contributed by atoms with Crippen molar-refractivity contribution >= 4 is 24.8 Å². The number of hydrogen-bond donors (Lipinski definition) is 1. The molecule has 1 unspecified atom stereocenters. The van der Waals surface area contributed by atoms with Crippen molar-refractivity contribution in [3.8, 4) is 23.0 Å². The summed E-state index contributed by atoms with van der Waals surface area (Å²) in [7, 11) is 0. The molecule has 3 aromatic carbocycles.